The van der Waals surface area contributed by atoms with Gasteiger partial charge in [-0.15, -0.1) is 0 Å². The predicted octanol–water partition coefficient (Wildman–Crippen LogP) is 3.32. The lowest BCUT2D eigenvalue weighted by Gasteiger charge is -2.14. The number of nitrogens with one attached hydrogen (secondary N) is 1. The highest BCUT2D eigenvalue weighted by atomic mass is 31.2. The molecule has 0 saturated carbocycles. The number of aromatic nitrogens is 2. The van der Waals surface area contributed by atoms with E-state index in [1.54, 1.807) is 12.1 Å². The summed E-state index contributed by atoms with van der Waals surface area (Å²) in [7, 11) is -1.09. The van der Waals surface area contributed by atoms with Gasteiger partial charge < -0.3 is 13.5 Å². The van der Waals surface area contributed by atoms with Crippen LogP contribution >= 0.6 is 7.60 Å². The third-order valence-electron chi connectivity index (χ3n) is 3.80. The Labute approximate surface area is 144 Å². The summed E-state index contributed by atoms with van der Waals surface area (Å²) >= 11 is 0. The van der Waals surface area contributed by atoms with Crippen molar-refractivity contribution in [1.82, 2.24) is 10.2 Å². The highest BCUT2D eigenvalue weighted by Crippen LogP contribution is 2.47. The van der Waals surface area contributed by atoms with Crippen LogP contribution in [-0.4, -0.2) is 30.2 Å². The molecule has 3 rings (SSSR count). The van der Waals surface area contributed by atoms with Crippen LogP contribution in [0.1, 0.15) is 21.8 Å². The average Bonchev–Trinajstić information content (AvgIpc) is 3.31. The Morgan fingerprint density at radius 2 is 1.84 bits per heavy atom. The van der Waals surface area contributed by atoms with Crippen molar-refractivity contribution in [3.05, 3.63) is 59.7 Å². The number of aromatic amines is 1. The van der Waals surface area contributed by atoms with E-state index in [2.05, 4.69) is 10.2 Å². The fourth-order valence-electron chi connectivity index (χ4n) is 2.47. The van der Waals surface area contributed by atoms with Crippen molar-refractivity contribution in [1.29, 1.82) is 0 Å². The summed E-state index contributed by atoms with van der Waals surface area (Å²) in [6.07, 6.45) is 1.40. The monoisotopic (exact) mass is 360 g/mol. The van der Waals surface area contributed by atoms with Gasteiger partial charge in [-0.05, 0) is 24.6 Å². The summed E-state index contributed by atoms with van der Waals surface area (Å²) < 4.78 is 28.2. The van der Waals surface area contributed by atoms with Crippen molar-refractivity contribution in [2.75, 3.05) is 14.2 Å². The molecule has 0 aliphatic heterocycles. The van der Waals surface area contributed by atoms with Crippen LogP contribution in [0.25, 0.3) is 11.1 Å². The molecule has 0 fully saturated rings. The lowest BCUT2D eigenvalue weighted by atomic mass is 10.0. The number of carbonyl (C=O) groups excluding carboxylic acids is 1. The van der Waals surface area contributed by atoms with Crippen molar-refractivity contribution in [2.24, 2.45) is 0 Å². The fraction of sp³-hybridized carbons (Fsp3) is 0.176. The first-order valence-electron chi connectivity index (χ1n) is 7.46. The molecule has 1 N–H and O–H groups in total. The second kappa shape index (κ2) is 6.80. The first-order valence-corrected chi connectivity index (χ1v) is 9.00. The van der Waals surface area contributed by atoms with Crippen LogP contribution in [0, 0.1) is 6.92 Å². The quantitative estimate of drug-likeness (QED) is 0.535. The van der Waals surface area contributed by atoms with Gasteiger partial charge in [-0.1, -0.05) is 29.8 Å². The molecule has 7 nitrogen and oxygen atoms in total. The van der Waals surface area contributed by atoms with Crippen LogP contribution in [0.5, 0.6) is 0 Å². The molecule has 1 aromatic carbocycles. The van der Waals surface area contributed by atoms with Crippen molar-refractivity contribution < 1.29 is 22.8 Å². The van der Waals surface area contributed by atoms with Gasteiger partial charge in [0.15, 0.2) is 11.2 Å². The molecule has 2 aromatic heterocycles. The average molecular weight is 360 g/mol. The highest BCUT2D eigenvalue weighted by molar-refractivity contribution is 7.62. The molecule has 3 aromatic rings. The number of nitrogens with zero attached hydrogens (tertiary/aromatic N) is 1. The molecular weight excluding hydrogens is 343 g/mol. The van der Waals surface area contributed by atoms with Crippen molar-refractivity contribution in [3.8, 4) is 11.1 Å². The Morgan fingerprint density at radius 1 is 1.16 bits per heavy atom. The van der Waals surface area contributed by atoms with E-state index in [0.29, 0.717) is 11.1 Å². The minimum Gasteiger partial charge on any atom is -0.461 e. The summed E-state index contributed by atoms with van der Waals surface area (Å²) in [5.74, 6) is -0.294. The van der Waals surface area contributed by atoms with E-state index in [1.807, 2.05) is 31.2 Å². The normalized spacial score (nSPS) is 11.6. The Kier molecular flexibility index (Phi) is 4.72. The molecule has 0 saturated heterocycles. The van der Waals surface area contributed by atoms with Crippen LogP contribution in [0.2, 0.25) is 0 Å². The topological polar surface area (TPSA) is 94.4 Å². The molecule has 0 bridgehead atoms. The number of furan rings is 1. The molecule has 0 aliphatic carbocycles. The zero-order chi connectivity index (χ0) is 18.0. The first-order chi connectivity index (χ1) is 12.0. The SMILES string of the molecule is COP(=O)(OC)c1[nH]nc(C(=O)c2ccco2)c1-c1ccc(C)cc1. The third-order valence-corrected chi connectivity index (χ3v) is 5.63. The van der Waals surface area contributed by atoms with Crippen molar-refractivity contribution in [2.45, 2.75) is 6.92 Å². The molecule has 8 heteroatoms. The van der Waals surface area contributed by atoms with Crippen LogP contribution in [0.3, 0.4) is 0 Å². The molecule has 0 spiro atoms. The van der Waals surface area contributed by atoms with Gasteiger partial charge in [0.1, 0.15) is 5.69 Å². The number of hydrogen-bond acceptors (Lipinski definition) is 6. The van der Waals surface area contributed by atoms with E-state index in [9.17, 15) is 9.36 Å². The molecule has 2 heterocycles. The van der Waals surface area contributed by atoms with E-state index in [1.165, 1.54) is 20.5 Å². The Hall–Kier alpha value is -2.47. The maximum absolute atomic E-state index is 12.9. The molecule has 130 valence electrons. The number of ketones is 1. The Bertz CT molecular complexity index is 921. The van der Waals surface area contributed by atoms with Crippen LogP contribution in [0.4, 0.5) is 0 Å². The largest absolute Gasteiger partial charge is 0.461 e. The van der Waals surface area contributed by atoms with Gasteiger partial charge in [0.25, 0.3) is 0 Å². The molecule has 25 heavy (non-hydrogen) atoms. The van der Waals surface area contributed by atoms with Gasteiger partial charge >= 0.3 is 7.60 Å². The van der Waals surface area contributed by atoms with Crippen LogP contribution < -0.4 is 5.44 Å². The Balaban J connectivity index is 2.23. The summed E-state index contributed by atoms with van der Waals surface area (Å²) in [4.78, 5) is 12.7. The third kappa shape index (κ3) is 3.09. The fourth-order valence-corrected chi connectivity index (χ4v) is 3.67. The summed E-state index contributed by atoms with van der Waals surface area (Å²) in [5.41, 5.74) is 2.29. The number of hydrogen-bond donors (Lipinski definition) is 1. The molecule has 0 radical (unpaired) electrons. The van der Waals surface area contributed by atoms with Gasteiger partial charge in [-0.2, -0.15) is 5.10 Å². The summed E-state index contributed by atoms with van der Waals surface area (Å²) in [6, 6.07) is 10.6. The summed E-state index contributed by atoms with van der Waals surface area (Å²) in [6.45, 7) is 1.95. The van der Waals surface area contributed by atoms with E-state index in [0.717, 1.165) is 5.56 Å². The lowest BCUT2D eigenvalue weighted by Crippen LogP contribution is -2.13. The van der Waals surface area contributed by atoms with E-state index in [-0.39, 0.29) is 16.9 Å². The maximum Gasteiger partial charge on any atom is 0.379 e. The molecular formula is C17H17N2O5P. The van der Waals surface area contributed by atoms with Gasteiger partial charge in [-0.25, -0.2) is 0 Å². The van der Waals surface area contributed by atoms with Crippen LogP contribution in [-0.2, 0) is 13.6 Å². The first kappa shape index (κ1) is 17.4. The van der Waals surface area contributed by atoms with Crippen molar-refractivity contribution in [3.63, 3.8) is 0 Å². The number of carbonyl (C=O) groups is 1. The number of aryl methyl sites for hydroxylation is 1. The zero-order valence-corrected chi connectivity index (χ0v) is 14.9. The second-order valence-electron chi connectivity index (χ2n) is 5.33. The second-order valence-corrected chi connectivity index (χ2v) is 7.50. The number of H-pyrrole nitrogens is 1. The standard InChI is InChI=1S/C17H17N2O5P/c1-11-6-8-12(9-7-11)14-15(16(20)13-5-4-10-24-13)18-19-17(14)25(21,22-2)23-3/h4-10H,1-3H3,(H,18,19). The molecule has 0 atom stereocenters. The van der Waals surface area contributed by atoms with E-state index in [4.69, 9.17) is 13.5 Å². The Morgan fingerprint density at radius 3 is 2.40 bits per heavy atom. The predicted molar refractivity (Wildman–Crippen MR) is 92.2 cm³/mol. The van der Waals surface area contributed by atoms with Gasteiger partial charge in [0.05, 0.1) is 6.26 Å². The smallest absolute Gasteiger partial charge is 0.379 e. The van der Waals surface area contributed by atoms with Crippen LogP contribution in [0.15, 0.2) is 47.1 Å². The number of benzene rings is 1. The molecule has 0 unspecified atom stereocenters. The zero-order valence-electron chi connectivity index (χ0n) is 14.0. The summed E-state index contributed by atoms with van der Waals surface area (Å²) in [5, 5.41) is 6.71. The maximum atomic E-state index is 12.9. The lowest BCUT2D eigenvalue weighted by molar-refractivity contribution is 0.100. The van der Waals surface area contributed by atoms with Gasteiger partial charge in [0, 0.05) is 19.8 Å². The van der Waals surface area contributed by atoms with Crippen molar-refractivity contribution >= 4 is 18.8 Å². The molecule has 0 amide bonds. The number of rotatable bonds is 6. The van der Waals surface area contributed by atoms with Gasteiger partial charge in [0.2, 0.25) is 5.78 Å². The molecule has 0 aliphatic rings. The van der Waals surface area contributed by atoms with Gasteiger partial charge in [-0.3, -0.25) is 14.5 Å². The van der Waals surface area contributed by atoms with E-state index < -0.39 is 13.4 Å². The van der Waals surface area contributed by atoms with E-state index >= 15 is 0 Å². The minimum absolute atomic E-state index is 0.0862. The minimum atomic E-state index is -3.65. The highest BCUT2D eigenvalue weighted by Gasteiger charge is 2.35.